The van der Waals surface area contributed by atoms with Crippen LogP contribution >= 0.6 is 0 Å². The molecule has 0 aromatic heterocycles. The van der Waals surface area contributed by atoms with Crippen LogP contribution in [0.2, 0.25) is 18.1 Å². The first-order chi connectivity index (χ1) is 8.96. The van der Waals surface area contributed by atoms with Gasteiger partial charge in [-0.05, 0) is 36.4 Å². The molecule has 2 rings (SSSR count). The molecule has 20 heavy (non-hydrogen) atoms. The molecular formula is C16H30O3Si. The highest BCUT2D eigenvalue weighted by Crippen LogP contribution is 2.52. The van der Waals surface area contributed by atoms with Crippen LogP contribution in [-0.4, -0.2) is 27.0 Å². The summed E-state index contributed by atoms with van der Waals surface area (Å²) in [6.45, 7) is 16.5. The van der Waals surface area contributed by atoms with Crippen molar-refractivity contribution in [2.45, 2.75) is 71.7 Å². The Morgan fingerprint density at radius 2 is 1.90 bits per heavy atom. The van der Waals surface area contributed by atoms with Crippen molar-refractivity contribution in [3.63, 3.8) is 0 Å². The highest BCUT2D eigenvalue weighted by atomic mass is 28.4. The van der Waals surface area contributed by atoms with E-state index in [0.717, 1.165) is 12.8 Å². The van der Waals surface area contributed by atoms with Crippen LogP contribution in [0, 0.1) is 17.3 Å². The lowest BCUT2D eigenvalue weighted by Crippen LogP contribution is -2.49. The van der Waals surface area contributed by atoms with E-state index in [9.17, 15) is 4.79 Å². The third-order valence-corrected chi connectivity index (χ3v) is 10.1. The zero-order chi connectivity index (χ0) is 15.3. The lowest BCUT2D eigenvalue weighted by molar-refractivity contribution is -0.156. The summed E-state index contributed by atoms with van der Waals surface area (Å²) in [6, 6.07) is 0. The predicted molar refractivity (Wildman–Crippen MR) is 83.0 cm³/mol. The van der Waals surface area contributed by atoms with Gasteiger partial charge in [0, 0.05) is 5.92 Å². The van der Waals surface area contributed by atoms with Crippen molar-refractivity contribution in [3.8, 4) is 0 Å². The zero-order valence-electron chi connectivity index (χ0n) is 14.1. The lowest BCUT2D eigenvalue weighted by Gasteiger charge is -2.44. The molecule has 2 fully saturated rings. The largest absolute Gasteiger partial charge is 0.465 e. The molecule has 1 aliphatic heterocycles. The summed E-state index contributed by atoms with van der Waals surface area (Å²) in [5, 5.41) is 0.205. The number of cyclic esters (lactones) is 1. The minimum Gasteiger partial charge on any atom is -0.465 e. The van der Waals surface area contributed by atoms with Gasteiger partial charge in [0.2, 0.25) is 0 Å². The van der Waals surface area contributed by atoms with Gasteiger partial charge in [0.1, 0.15) is 0 Å². The smallest absolute Gasteiger partial charge is 0.309 e. The average Bonchev–Trinajstić information content (AvgIpc) is 2.51. The Morgan fingerprint density at radius 3 is 2.45 bits per heavy atom. The van der Waals surface area contributed by atoms with Gasteiger partial charge in [0.05, 0.1) is 18.6 Å². The van der Waals surface area contributed by atoms with Gasteiger partial charge in [0.25, 0.3) is 0 Å². The van der Waals surface area contributed by atoms with E-state index in [2.05, 4.69) is 47.7 Å². The van der Waals surface area contributed by atoms with Crippen LogP contribution in [0.5, 0.6) is 0 Å². The quantitative estimate of drug-likeness (QED) is 0.571. The number of rotatable bonds is 2. The molecule has 0 radical (unpaired) electrons. The summed E-state index contributed by atoms with van der Waals surface area (Å²) in [5.41, 5.74) is 0.0637. The number of carbonyl (C=O) groups excluding carboxylic acids is 1. The van der Waals surface area contributed by atoms with Crippen molar-refractivity contribution in [2.75, 3.05) is 6.61 Å². The molecule has 1 aliphatic carbocycles. The van der Waals surface area contributed by atoms with E-state index in [1.165, 1.54) is 0 Å². The van der Waals surface area contributed by atoms with Crippen molar-refractivity contribution < 1.29 is 14.0 Å². The Labute approximate surface area is 124 Å². The fourth-order valence-corrected chi connectivity index (χ4v) is 4.86. The highest BCUT2D eigenvalue weighted by molar-refractivity contribution is 6.74. The number of hydrogen-bond donors (Lipinski definition) is 0. The molecule has 116 valence electrons. The molecular weight excluding hydrogens is 268 g/mol. The van der Waals surface area contributed by atoms with Crippen molar-refractivity contribution in [3.05, 3.63) is 0 Å². The molecule has 1 saturated carbocycles. The maximum atomic E-state index is 12.0. The number of carbonyl (C=O) groups is 1. The van der Waals surface area contributed by atoms with Crippen molar-refractivity contribution in [2.24, 2.45) is 17.3 Å². The molecule has 2 aliphatic rings. The molecule has 3 nitrogen and oxygen atoms in total. The molecule has 1 heterocycles. The zero-order valence-corrected chi connectivity index (χ0v) is 15.1. The average molecular weight is 298 g/mol. The molecule has 0 aromatic rings. The number of ether oxygens (including phenoxy) is 1. The van der Waals surface area contributed by atoms with Gasteiger partial charge in [-0.2, -0.15) is 0 Å². The second-order valence-corrected chi connectivity index (χ2v) is 13.5. The third kappa shape index (κ3) is 2.69. The summed E-state index contributed by atoms with van der Waals surface area (Å²) in [4.78, 5) is 12.0. The first-order valence-electron chi connectivity index (χ1n) is 7.80. The standard InChI is InChI=1S/C16H30O3Si/c1-15(2,3)20(6,7)19-13-11-8-9-18-14(17)12(11)10-16(13,4)5/h11-13H,8-10H2,1-7H3/t11-,12-,13-/m1/s1. The van der Waals surface area contributed by atoms with Gasteiger partial charge >= 0.3 is 5.97 Å². The van der Waals surface area contributed by atoms with E-state index in [1.54, 1.807) is 0 Å². The van der Waals surface area contributed by atoms with Crippen LogP contribution in [0.3, 0.4) is 0 Å². The van der Waals surface area contributed by atoms with Gasteiger partial charge in [-0.3, -0.25) is 4.79 Å². The Balaban J connectivity index is 2.24. The van der Waals surface area contributed by atoms with Crippen LogP contribution in [0.25, 0.3) is 0 Å². The Morgan fingerprint density at radius 1 is 1.30 bits per heavy atom. The summed E-state index contributed by atoms with van der Waals surface area (Å²) in [6.07, 6.45) is 2.05. The monoisotopic (exact) mass is 298 g/mol. The maximum Gasteiger partial charge on any atom is 0.309 e. The summed E-state index contributed by atoms with van der Waals surface area (Å²) in [5.74, 6) is 0.393. The minimum absolute atomic E-state index is 0.00402. The fraction of sp³-hybridized carbons (Fsp3) is 0.938. The summed E-state index contributed by atoms with van der Waals surface area (Å²) >= 11 is 0. The summed E-state index contributed by atoms with van der Waals surface area (Å²) in [7, 11) is -1.81. The van der Waals surface area contributed by atoms with E-state index >= 15 is 0 Å². The number of esters is 1. The number of hydrogen-bond acceptors (Lipinski definition) is 3. The van der Waals surface area contributed by atoms with E-state index in [1.807, 2.05) is 0 Å². The Kier molecular flexibility index (Phi) is 3.88. The van der Waals surface area contributed by atoms with Gasteiger partial charge in [-0.25, -0.2) is 0 Å². The van der Waals surface area contributed by atoms with Crippen molar-refractivity contribution in [1.29, 1.82) is 0 Å². The van der Waals surface area contributed by atoms with E-state index in [4.69, 9.17) is 9.16 Å². The highest BCUT2D eigenvalue weighted by Gasteiger charge is 2.55. The molecule has 0 N–H and O–H groups in total. The Hall–Kier alpha value is -0.353. The molecule has 0 spiro atoms. The lowest BCUT2D eigenvalue weighted by atomic mass is 9.86. The second kappa shape index (κ2) is 4.84. The second-order valence-electron chi connectivity index (χ2n) is 8.72. The van der Waals surface area contributed by atoms with Gasteiger partial charge < -0.3 is 9.16 Å². The van der Waals surface area contributed by atoms with Crippen LogP contribution < -0.4 is 0 Å². The van der Waals surface area contributed by atoms with Crippen LogP contribution in [-0.2, 0) is 14.0 Å². The molecule has 3 atom stereocenters. The topological polar surface area (TPSA) is 35.5 Å². The molecule has 0 bridgehead atoms. The molecule has 0 aromatic carbocycles. The molecule has 1 saturated heterocycles. The van der Waals surface area contributed by atoms with Crippen LogP contribution in [0.4, 0.5) is 0 Å². The maximum absolute atomic E-state index is 12.0. The van der Waals surface area contributed by atoms with Gasteiger partial charge in [-0.15, -0.1) is 0 Å². The predicted octanol–water partition coefficient (Wildman–Crippen LogP) is 3.99. The van der Waals surface area contributed by atoms with Gasteiger partial charge in [-0.1, -0.05) is 34.6 Å². The first-order valence-corrected chi connectivity index (χ1v) is 10.7. The third-order valence-electron chi connectivity index (χ3n) is 5.65. The van der Waals surface area contributed by atoms with Crippen molar-refractivity contribution >= 4 is 14.3 Å². The molecule has 4 heteroatoms. The van der Waals surface area contributed by atoms with Crippen LogP contribution in [0.1, 0.15) is 47.5 Å². The van der Waals surface area contributed by atoms with E-state index in [0.29, 0.717) is 12.5 Å². The number of fused-ring (bicyclic) bond motifs is 1. The fourth-order valence-electron chi connectivity index (χ4n) is 3.38. The van der Waals surface area contributed by atoms with Gasteiger partial charge in [0.15, 0.2) is 8.32 Å². The van der Waals surface area contributed by atoms with Crippen LogP contribution in [0.15, 0.2) is 0 Å². The van der Waals surface area contributed by atoms with Crippen molar-refractivity contribution in [1.82, 2.24) is 0 Å². The molecule has 0 amide bonds. The van der Waals surface area contributed by atoms with E-state index in [-0.39, 0.29) is 28.4 Å². The minimum atomic E-state index is -1.81. The Bertz CT molecular complexity index is 395. The summed E-state index contributed by atoms with van der Waals surface area (Å²) < 4.78 is 12.0. The first kappa shape index (κ1) is 16.0. The normalized spacial score (nSPS) is 33.8. The SMILES string of the molecule is CC1(C)C[C@H]2C(=O)OCC[C@H]2[C@H]1O[Si](C)(C)C(C)(C)C. The van der Waals surface area contributed by atoms with E-state index < -0.39 is 8.32 Å². The molecule has 0 unspecified atom stereocenters.